The van der Waals surface area contributed by atoms with Crippen LogP contribution in [-0.4, -0.2) is 52.0 Å². The molecule has 9 heteroatoms. The molecule has 8 nitrogen and oxygen atoms in total. The number of aliphatic hydroxyl groups is 2. The zero-order valence-electron chi connectivity index (χ0n) is 20.5. The van der Waals surface area contributed by atoms with Gasteiger partial charge in [0.15, 0.2) is 0 Å². The second-order valence-electron chi connectivity index (χ2n) is 11.0. The highest BCUT2D eigenvalue weighted by atomic mass is 32.1. The highest BCUT2D eigenvalue weighted by Gasteiger charge is 2.55. The number of thiol groups is 1. The Morgan fingerprint density at radius 3 is 2.67 bits per heavy atom. The first-order valence-corrected chi connectivity index (χ1v) is 13.5. The summed E-state index contributed by atoms with van der Waals surface area (Å²) in [6, 6.07) is 10.6. The van der Waals surface area contributed by atoms with E-state index in [-0.39, 0.29) is 12.0 Å². The van der Waals surface area contributed by atoms with Crippen LogP contribution in [0, 0.1) is 34.5 Å². The normalized spacial score (nSPS) is 29.1. The lowest BCUT2D eigenvalue weighted by Gasteiger charge is -2.60. The van der Waals surface area contributed by atoms with E-state index in [4.69, 9.17) is 5.11 Å². The second kappa shape index (κ2) is 10.9. The van der Waals surface area contributed by atoms with Gasteiger partial charge >= 0.3 is 0 Å². The Kier molecular flexibility index (Phi) is 7.68. The molecule has 0 spiro atoms. The maximum atomic E-state index is 9.69. The molecule has 1 aromatic carbocycles. The third kappa shape index (κ3) is 5.47. The number of nitrogens with zero attached hydrogens (tertiary/aromatic N) is 3. The number of benzene rings is 1. The smallest absolute Gasteiger partial charge is 0.224 e. The monoisotopic (exact) mass is 508 g/mol. The number of anilines is 2. The first-order valence-electron chi connectivity index (χ1n) is 13.0. The molecule has 0 amide bonds. The van der Waals surface area contributed by atoms with Crippen LogP contribution in [0.3, 0.4) is 0 Å². The van der Waals surface area contributed by atoms with Crippen molar-refractivity contribution in [1.82, 2.24) is 15.3 Å². The number of nitriles is 1. The van der Waals surface area contributed by atoms with Crippen molar-refractivity contribution in [2.45, 2.75) is 62.1 Å². The molecule has 5 N–H and O–H groups in total. The van der Waals surface area contributed by atoms with E-state index in [1.165, 1.54) is 32.1 Å². The Morgan fingerprint density at radius 2 is 1.94 bits per heavy atom. The average molecular weight is 509 g/mol. The fourth-order valence-electron chi connectivity index (χ4n) is 7.04. The van der Waals surface area contributed by atoms with Gasteiger partial charge in [-0.15, -0.1) is 12.6 Å². The minimum atomic E-state index is -0.640. The van der Waals surface area contributed by atoms with Crippen LogP contribution in [-0.2, 0) is 6.54 Å². The lowest BCUT2D eigenvalue weighted by atomic mass is 9.48. The van der Waals surface area contributed by atoms with E-state index >= 15 is 0 Å². The van der Waals surface area contributed by atoms with Gasteiger partial charge in [-0.2, -0.15) is 10.2 Å². The zero-order chi connectivity index (χ0) is 25.1. The van der Waals surface area contributed by atoms with Crippen molar-refractivity contribution in [2.24, 2.45) is 23.2 Å². The summed E-state index contributed by atoms with van der Waals surface area (Å²) in [6.07, 6.45) is 7.66. The topological polar surface area (TPSA) is 126 Å². The molecule has 36 heavy (non-hydrogen) atoms. The Balaban J connectivity index is 1.22. The number of hydrogen-bond donors (Lipinski definition) is 6. The summed E-state index contributed by atoms with van der Waals surface area (Å²) in [5, 5.41) is 38.9. The van der Waals surface area contributed by atoms with Crippen molar-refractivity contribution in [1.29, 1.82) is 5.26 Å². The fraction of sp³-hybridized carbons (Fsp3) is 0.593. The third-order valence-corrected chi connectivity index (χ3v) is 8.87. The van der Waals surface area contributed by atoms with E-state index in [9.17, 15) is 10.4 Å². The van der Waals surface area contributed by atoms with Crippen LogP contribution in [0.5, 0.6) is 0 Å². The fourth-order valence-corrected chi connectivity index (χ4v) is 7.28. The highest BCUT2D eigenvalue weighted by molar-refractivity contribution is 7.80. The highest BCUT2D eigenvalue weighted by Crippen LogP contribution is 2.60. The van der Waals surface area contributed by atoms with Gasteiger partial charge in [-0.25, -0.2) is 4.98 Å². The van der Waals surface area contributed by atoms with Crippen LogP contribution < -0.4 is 16.0 Å². The molecule has 6 atom stereocenters. The summed E-state index contributed by atoms with van der Waals surface area (Å²) in [5.41, 5.74) is 1.75. The molecule has 4 aliphatic rings. The summed E-state index contributed by atoms with van der Waals surface area (Å²) >= 11 is 4.51. The van der Waals surface area contributed by atoms with E-state index in [1.807, 2.05) is 24.3 Å². The van der Waals surface area contributed by atoms with Gasteiger partial charge in [0, 0.05) is 24.0 Å². The number of rotatable bonds is 11. The second-order valence-corrected chi connectivity index (χ2v) is 11.5. The number of aliphatic hydroxyl groups excluding tert-OH is 2. The van der Waals surface area contributed by atoms with E-state index in [0.29, 0.717) is 48.2 Å². The van der Waals surface area contributed by atoms with Gasteiger partial charge in [0.1, 0.15) is 17.5 Å². The molecule has 2 aromatic rings. The lowest BCUT2D eigenvalue weighted by molar-refractivity contribution is -0.0699. The first-order chi connectivity index (χ1) is 17.5. The van der Waals surface area contributed by atoms with Gasteiger partial charge < -0.3 is 26.2 Å². The molecule has 1 heterocycles. The molecule has 4 bridgehead atoms. The molecule has 4 saturated carbocycles. The van der Waals surface area contributed by atoms with Crippen LogP contribution in [0.25, 0.3) is 0 Å². The van der Waals surface area contributed by atoms with Crippen molar-refractivity contribution in [2.75, 3.05) is 30.3 Å². The summed E-state index contributed by atoms with van der Waals surface area (Å²) in [4.78, 5) is 9.90. The predicted octanol–water partition coefficient (Wildman–Crippen LogP) is 3.19. The summed E-state index contributed by atoms with van der Waals surface area (Å²) in [7, 11) is 0. The minimum Gasteiger partial charge on any atom is -0.394 e. The minimum absolute atomic E-state index is 0.177. The number of aromatic nitrogens is 2. The third-order valence-electron chi connectivity index (χ3n) is 8.44. The molecule has 4 fully saturated rings. The van der Waals surface area contributed by atoms with Gasteiger partial charge in [-0.1, -0.05) is 18.2 Å². The van der Waals surface area contributed by atoms with E-state index in [1.54, 1.807) is 6.20 Å². The van der Waals surface area contributed by atoms with Gasteiger partial charge in [-0.3, -0.25) is 0 Å². The van der Waals surface area contributed by atoms with Gasteiger partial charge in [-0.05, 0) is 79.9 Å². The Morgan fingerprint density at radius 1 is 1.17 bits per heavy atom. The molecule has 0 aliphatic heterocycles. The first kappa shape index (κ1) is 25.3. The van der Waals surface area contributed by atoms with Crippen molar-refractivity contribution >= 4 is 24.4 Å². The zero-order valence-corrected chi connectivity index (χ0v) is 21.4. The van der Waals surface area contributed by atoms with E-state index < -0.39 is 6.10 Å². The summed E-state index contributed by atoms with van der Waals surface area (Å²) < 4.78 is 0. The van der Waals surface area contributed by atoms with Crippen molar-refractivity contribution in [3.8, 4) is 6.07 Å². The molecule has 0 saturated heterocycles. The van der Waals surface area contributed by atoms with Gasteiger partial charge in [0.05, 0.1) is 18.9 Å². The maximum Gasteiger partial charge on any atom is 0.224 e. The van der Waals surface area contributed by atoms with Crippen molar-refractivity contribution in [3.05, 3.63) is 41.6 Å². The molecule has 4 aliphatic carbocycles. The molecular weight excluding hydrogens is 472 g/mol. The number of hydrogen-bond acceptors (Lipinski definition) is 9. The van der Waals surface area contributed by atoms with E-state index in [2.05, 4.69) is 44.6 Å². The van der Waals surface area contributed by atoms with Crippen LogP contribution in [0.2, 0.25) is 0 Å². The summed E-state index contributed by atoms with van der Waals surface area (Å²) in [5.74, 6) is 3.14. The largest absolute Gasteiger partial charge is 0.394 e. The van der Waals surface area contributed by atoms with Crippen LogP contribution in [0.15, 0.2) is 35.4 Å². The predicted molar refractivity (Wildman–Crippen MR) is 142 cm³/mol. The van der Waals surface area contributed by atoms with Crippen LogP contribution in [0.4, 0.5) is 11.8 Å². The Bertz CT molecular complexity index is 1090. The molecular formula is C27H36N6O2S. The van der Waals surface area contributed by atoms with Gasteiger partial charge in [0.2, 0.25) is 5.95 Å². The molecule has 6 rings (SSSR count). The number of nitrogens with one attached hydrogen (secondary N) is 3. The SMILES string of the molecule is N#Cc1cnc(NCc2ccccc2S)nc1NCC12CC3C[C@H](C1)C(NCC[C@H](O)CO)[C@@H](C3)C2. The van der Waals surface area contributed by atoms with Crippen LogP contribution in [0.1, 0.15) is 49.7 Å². The Hall–Kier alpha value is -2.38. The van der Waals surface area contributed by atoms with Crippen LogP contribution >= 0.6 is 12.6 Å². The quantitative estimate of drug-likeness (QED) is 0.256. The average Bonchev–Trinajstić information content (AvgIpc) is 2.88. The standard InChI is InChI=1S/C27H36N6O2S/c28-12-21-14-31-26(30-13-18-3-1-2-4-23(18)36)33-25(21)32-16-27-9-17-7-19(10-27)24(20(8-17)11-27)29-6-5-22(35)15-34/h1-4,14,17,19-20,22,24,29,34-36H,5-11,13,15-16H2,(H2,30,31,32,33)/t17?,19-,20+,22-,24?,27?/m0/s1. The summed E-state index contributed by atoms with van der Waals surface area (Å²) in [6.45, 7) is 1.94. The Labute approximate surface area is 218 Å². The molecule has 192 valence electrons. The molecule has 3 unspecified atom stereocenters. The van der Waals surface area contributed by atoms with Gasteiger partial charge in [0.25, 0.3) is 0 Å². The van der Waals surface area contributed by atoms with Crippen molar-refractivity contribution in [3.63, 3.8) is 0 Å². The van der Waals surface area contributed by atoms with E-state index in [0.717, 1.165) is 29.5 Å². The maximum absolute atomic E-state index is 9.69. The molecule has 1 aromatic heterocycles. The molecule has 0 radical (unpaired) electrons. The van der Waals surface area contributed by atoms with Crippen molar-refractivity contribution < 1.29 is 10.2 Å². The lowest BCUT2D eigenvalue weighted by Crippen LogP contribution is -2.59.